The van der Waals surface area contributed by atoms with E-state index in [9.17, 15) is 53.7 Å². The zero-order chi connectivity index (χ0) is 43.5. The Labute approximate surface area is 340 Å². The number of hydrogen-bond donors (Lipinski definition) is 8. The molecule has 60 heavy (non-hydrogen) atoms. The molecule has 5 aromatic carbocycles. The lowest BCUT2D eigenvalue weighted by atomic mass is 10.1. The Balaban J connectivity index is 1.18. The van der Waals surface area contributed by atoms with E-state index in [4.69, 9.17) is 9.47 Å². The van der Waals surface area contributed by atoms with Gasteiger partial charge in [0.25, 0.3) is 17.7 Å². The molecule has 306 valence electrons. The molecule has 0 bridgehead atoms. The molecular formula is C42H35FN6O11. The zero-order valence-corrected chi connectivity index (χ0v) is 31.7. The van der Waals surface area contributed by atoms with Gasteiger partial charge in [0.2, 0.25) is 11.8 Å². The van der Waals surface area contributed by atoms with Gasteiger partial charge in [0.15, 0.2) is 23.0 Å². The van der Waals surface area contributed by atoms with E-state index in [1.807, 2.05) is 6.07 Å². The van der Waals surface area contributed by atoms with Crippen molar-refractivity contribution in [2.75, 3.05) is 35.5 Å². The third kappa shape index (κ3) is 10.3. The highest BCUT2D eigenvalue weighted by molar-refractivity contribution is 6.10. The summed E-state index contributed by atoms with van der Waals surface area (Å²) in [6, 6.07) is 22.2. The van der Waals surface area contributed by atoms with Crippen molar-refractivity contribution < 1.29 is 58.0 Å². The summed E-state index contributed by atoms with van der Waals surface area (Å²) >= 11 is 0. The van der Waals surface area contributed by atoms with E-state index in [1.165, 1.54) is 98.1 Å². The third-order valence-electron chi connectivity index (χ3n) is 8.68. The van der Waals surface area contributed by atoms with E-state index in [0.717, 1.165) is 13.2 Å². The number of aromatic carboxylic acids is 1. The Morgan fingerprint density at radius 1 is 0.650 bits per heavy atom. The number of phenolic OH excluding ortho intramolecular Hbond substituents is 1. The molecule has 0 spiro atoms. The molecule has 5 aromatic rings. The van der Waals surface area contributed by atoms with E-state index in [2.05, 4.69) is 26.6 Å². The number of benzene rings is 5. The molecule has 0 heterocycles. The van der Waals surface area contributed by atoms with Gasteiger partial charge in [0, 0.05) is 22.5 Å². The summed E-state index contributed by atoms with van der Waals surface area (Å²) in [6.07, 6.45) is -0.367. The Kier molecular flexibility index (Phi) is 13.6. The number of amides is 5. The molecule has 0 unspecified atom stereocenters. The molecule has 0 saturated heterocycles. The zero-order valence-electron chi connectivity index (χ0n) is 31.7. The van der Waals surface area contributed by atoms with Gasteiger partial charge in [-0.05, 0) is 90.5 Å². The molecule has 0 aromatic heterocycles. The molecule has 0 aliphatic carbocycles. The number of nitriles is 1. The second-order valence-corrected chi connectivity index (χ2v) is 12.7. The maximum absolute atomic E-state index is 13.2. The normalized spacial score (nSPS) is 10.9. The number of nitrogens with zero attached hydrogens (tertiary/aromatic N) is 1. The van der Waals surface area contributed by atoms with Crippen LogP contribution in [0.15, 0.2) is 97.1 Å². The van der Waals surface area contributed by atoms with Gasteiger partial charge in [-0.3, -0.25) is 24.0 Å². The minimum atomic E-state index is -1.43. The number of methoxy groups -OCH3 is 2. The number of rotatable bonds is 15. The number of nitrogens with one attached hydrogen (secondary N) is 5. The Morgan fingerprint density at radius 2 is 1.15 bits per heavy atom. The number of phenols is 2. The van der Waals surface area contributed by atoms with Crippen LogP contribution in [-0.4, -0.2) is 71.1 Å². The molecule has 0 fully saturated rings. The number of carboxylic acid groups (broad SMARTS) is 1. The second kappa shape index (κ2) is 19.1. The van der Waals surface area contributed by atoms with Crippen LogP contribution in [0.3, 0.4) is 0 Å². The largest absolute Gasteiger partial charge is 0.504 e. The van der Waals surface area contributed by atoms with Crippen molar-refractivity contribution in [2.45, 2.75) is 18.9 Å². The summed E-state index contributed by atoms with van der Waals surface area (Å²) in [5, 5.41) is 52.5. The van der Waals surface area contributed by atoms with Crippen LogP contribution in [0.2, 0.25) is 0 Å². The van der Waals surface area contributed by atoms with Crippen molar-refractivity contribution in [3.05, 3.63) is 131 Å². The lowest BCUT2D eigenvalue weighted by molar-refractivity contribution is -0.118. The maximum Gasteiger partial charge on any atom is 0.339 e. The monoisotopic (exact) mass is 818 g/mol. The van der Waals surface area contributed by atoms with E-state index >= 15 is 0 Å². The van der Waals surface area contributed by atoms with Crippen molar-refractivity contribution >= 4 is 58.3 Å². The molecule has 5 rings (SSSR count). The molecule has 0 aliphatic rings. The average Bonchev–Trinajstić information content (AvgIpc) is 3.22. The van der Waals surface area contributed by atoms with Crippen molar-refractivity contribution in [3.63, 3.8) is 0 Å². The van der Waals surface area contributed by atoms with Crippen LogP contribution in [0, 0.1) is 17.1 Å². The molecular weight excluding hydrogens is 783 g/mol. The van der Waals surface area contributed by atoms with Gasteiger partial charge in [-0.25, -0.2) is 9.18 Å². The molecule has 5 amide bonds. The van der Waals surface area contributed by atoms with Crippen LogP contribution in [-0.2, 0) is 16.0 Å². The minimum Gasteiger partial charge on any atom is -0.504 e. The van der Waals surface area contributed by atoms with E-state index in [-0.39, 0.29) is 64.0 Å². The topological polar surface area (TPSA) is 266 Å². The fraction of sp³-hybridized carbons (Fsp3) is 0.119. The van der Waals surface area contributed by atoms with Crippen molar-refractivity contribution in [1.82, 2.24) is 5.32 Å². The molecule has 8 N–H and O–H groups in total. The van der Waals surface area contributed by atoms with Crippen LogP contribution in [0.1, 0.15) is 53.4 Å². The number of anilines is 4. The molecule has 17 nitrogen and oxygen atoms in total. The van der Waals surface area contributed by atoms with E-state index < -0.39 is 58.5 Å². The van der Waals surface area contributed by atoms with Gasteiger partial charge in [-0.15, -0.1) is 0 Å². The molecule has 18 heteroatoms. The van der Waals surface area contributed by atoms with Crippen LogP contribution in [0.4, 0.5) is 27.1 Å². The van der Waals surface area contributed by atoms with E-state index in [1.54, 1.807) is 0 Å². The highest BCUT2D eigenvalue weighted by Gasteiger charge is 2.25. The van der Waals surface area contributed by atoms with Crippen LogP contribution < -0.4 is 36.1 Å². The van der Waals surface area contributed by atoms with Gasteiger partial charge in [-0.2, -0.15) is 5.26 Å². The smallest absolute Gasteiger partial charge is 0.339 e. The highest BCUT2D eigenvalue weighted by atomic mass is 19.1. The summed E-state index contributed by atoms with van der Waals surface area (Å²) in [5.74, 6) is -7.14. The van der Waals surface area contributed by atoms with Crippen LogP contribution in [0.25, 0.3) is 0 Å². The van der Waals surface area contributed by atoms with Gasteiger partial charge < -0.3 is 51.4 Å². The van der Waals surface area contributed by atoms with Crippen molar-refractivity contribution in [1.29, 1.82) is 5.26 Å². The SMILES string of the molecule is COc1c(NC(=O)c2ccc(NC(=O)c3ccc(NC(=O)[C@H](CC#N)NC(=O)c4ccc(NC(=O)Cc5ccc(F)cc5)cc4)cc3)c(OC)c2O)ccc(C(=O)O)c1O. The molecule has 0 radical (unpaired) electrons. The first-order valence-electron chi connectivity index (χ1n) is 17.6. The predicted octanol–water partition coefficient (Wildman–Crippen LogP) is 5.29. The number of aromatic hydroxyl groups is 2. The molecule has 1 atom stereocenters. The number of halogens is 1. The predicted molar refractivity (Wildman–Crippen MR) is 214 cm³/mol. The number of carbonyl (C=O) groups excluding carboxylic acids is 5. The lowest BCUT2D eigenvalue weighted by Gasteiger charge is -2.17. The average molecular weight is 819 g/mol. The summed E-state index contributed by atoms with van der Waals surface area (Å²) in [5.41, 5.74) is 0.584. The third-order valence-corrected chi connectivity index (χ3v) is 8.68. The fourth-order valence-electron chi connectivity index (χ4n) is 5.67. The number of carbonyl (C=O) groups is 6. The summed E-state index contributed by atoms with van der Waals surface area (Å²) < 4.78 is 23.5. The van der Waals surface area contributed by atoms with Crippen molar-refractivity contribution in [3.8, 4) is 29.1 Å². The van der Waals surface area contributed by atoms with Gasteiger partial charge in [0.1, 0.15) is 17.4 Å². The maximum atomic E-state index is 13.2. The molecule has 0 aliphatic heterocycles. The molecule has 0 saturated carbocycles. The summed E-state index contributed by atoms with van der Waals surface area (Å²) in [7, 11) is 2.35. The fourth-order valence-corrected chi connectivity index (χ4v) is 5.67. The van der Waals surface area contributed by atoms with Crippen molar-refractivity contribution in [2.24, 2.45) is 0 Å². The Hall–Kier alpha value is -8.46. The lowest BCUT2D eigenvalue weighted by Crippen LogP contribution is -2.43. The number of ether oxygens (including phenoxy) is 2. The minimum absolute atomic E-state index is 0.00566. The van der Waals surface area contributed by atoms with Gasteiger partial charge >= 0.3 is 5.97 Å². The summed E-state index contributed by atoms with van der Waals surface area (Å²) in [4.78, 5) is 76.1. The number of hydrogen-bond acceptors (Lipinski definition) is 11. The Bertz CT molecular complexity index is 2500. The standard InChI is InChI=1S/C42H35FN6O11/c1-59-36-30(17-15-28(34(36)51)40(55)48-31-18-16-29(42(57)58)35(52)37(31)60-2)47-38(53)23-7-13-27(14-8-23)46-41(56)32(19-20-44)49-39(54)24-5-11-26(12-6-24)45-33(50)21-22-3-9-25(43)10-4-22/h3-18,32,51-52H,19,21H2,1-2H3,(H,45,50)(H,46,56)(H,47,53)(H,48,55)(H,49,54)(H,57,58)/t32-/m0/s1. The Morgan fingerprint density at radius 3 is 1.68 bits per heavy atom. The highest BCUT2D eigenvalue weighted by Crippen LogP contribution is 2.40. The first-order valence-corrected chi connectivity index (χ1v) is 17.6. The van der Waals surface area contributed by atoms with E-state index in [0.29, 0.717) is 11.3 Å². The second-order valence-electron chi connectivity index (χ2n) is 12.7. The van der Waals surface area contributed by atoms with Gasteiger partial charge in [-0.1, -0.05) is 12.1 Å². The number of carboxylic acids is 1. The van der Waals surface area contributed by atoms with Crippen LogP contribution in [0.5, 0.6) is 23.0 Å². The quantitative estimate of drug-likeness (QED) is 0.0670. The summed E-state index contributed by atoms with van der Waals surface area (Å²) in [6.45, 7) is 0. The van der Waals surface area contributed by atoms with Crippen LogP contribution >= 0.6 is 0 Å². The van der Waals surface area contributed by atoms with Gasteiger partial charge in [0.05, 0.1) is 50.1 Å². The first kappa shape index (κ1) is 42.7. The first-order chi connectivity index (χ1) is 28.7.